The van der Waals surface area contributed by atoms with Crippen molar-refractivity contribution in [2.45, 2.75) is 12.5 Å². The smallest absolute Gasteiger partial charge is 0.137 e. The van der Waals surface area contributed by atoms with E-state index in [9.17, 15) is 0 Å². The Morgan fingerprint density at radius 3 is 2.87 bits per heavy atom. The van der Waals surface area contributed by atoms with Crippen LogP contribution in [0, 0.1) is 11.3 Å². The molecule has 1 aromatic carbocycles. The Morgan fingerprint density at radius 1 is 1.40 bits per heavy atom. The Bertz CT molecular complexity index is 356. The van der Waals surface area contributed by atoms with Gasteiger partial charge in [-0.3, -0.25) is 0 Å². The van der Waals surface area contributed by atoms with Crippen LogP contribution in [0.2, 0.25) is 0 Å². The summed E-state index contributed by atoms with van der Waals surface area (Å²) < 4.78 is 5.71. The molecule has 80 valence electrons. The predicted octanol–water partition coefficient (Wildman–Crippen LogP) is 1.72. The van der Waals surface area contributed by atoms with Crippen molar-refractivity contribution in [3.8, 4) is 11.8 Å². The molecule has 1 aliphatic rings. The minimum atomic E-state index is 0. The molecule has 0 saturated carbocycles. The summed E-state index contributed by atoms with van der Waals surface area (Å²) in [5.41, 5.74) is 0.611. The molecular formula is C11H13ClN2O. The SMILES string of the molecule is Cl.N#Cc1ccccc1O[C@H]1CCNC1. The van der Waals surface area contributed by atoms with Gasteiger partial charge in [-0.15, -0.1) is 12.4 Å². The average Bonchev–Trinajstić information content (AvgIpc) is 2.71. The Balaban J connectivity index is 0.00000112. The Hall–Kier alpha value is -1.24. The van der Waals surface area contributed by atoms with Gasteiger partial charge >= 0.3 is 0 Å². The highest BCUT2D eigenvalue weighted by molar-refractivity contribution is 5.85. The van der Waals surface area contributed by atoms with Crippen LogP contribution in [-0.4, -0.2) is 19.2 Å². The second-order valence-corrected chi connectivity index (χ2v) is 3.34. The van der Waals surface area contributed by atoms with Gasteiger partial charge in [0.2, 0.25) is 0 Å². The Labute approximate surface area is 95.5 Å². The van der Waals surface area contributed by atoms with Crippen molar-refractivity contribution < 1.29 is 4.74 Å². The lowest BCUT2D eigenvalue weighted by Crippen LogP contribution is -2.19. The average molecular weight is 225 g/mol. The van der Waals surface area contributed by atoms with Crippen molar-refractivity contribution >= 4 is 12.4 Å². The zero-order valence-electron chi connectivity index (χ0n) is 8.27. The highest BCUT2D eigenvalue weighted by Gasteiger charge is 2.16. The standard InChI is InChI=1S/C11H12N2O.ClH/c12-7-9-3-1-2-4-11(9)14-10-5-6-13-8-10;/h1-4,10,13H,5-6,8H2;1H/t10-;/m0./s1. The molecule has 1 atom stereocenters. The third kappa shape index (κ3) is 2.85. The van der Waals surface area contributed by atoms with Gasteiger partial charge in [0.25, 0.3) is 0 Å². The first-order valence-corrected chi connectivity index (χ1v) is 4.76. The van der Waals surface area contributed by atoms with Crippen molar-refractivity contribution in [1.82, 2.24) is 5.32 Å². The summed E-state index contributed by atoms with van der Waals surface area (Å²) in [4.78, 5) is 0. The van der Waals surface area contributed by atoms with E-state index in [1.54, 1.807) is 6.07 Å². The molecule has 15 heavy (non-hydrogen) atoms. The van der Waals surface area contributed by atoms with Gasteiger partial charge < -0.3 is 10.1 Å². The van der Waals surface area contributed by atoms with Gasteiger partial charge in [-0.05, 0) is 25.1 Å². The fourth-order valence-corrected chi connectivity index (χ4v) is 1.57. The normalized spacial score (nSPS) is 19.0. The first-order chi connectivity index (χ1) is 6.90. The maximum Gasteiger partial charge on any atom is 0.137 e. The molecule has 3 nitrogen and oxygen atoms in total. The van der Waals surface area contributed by atoms with Crippen molar-refractivity contribution in [1.29, 1.82) is 5.26 Å². The lowest BCUT2D eigenvalue weighted by Gasteiger charge is -2.12. The van der Waals surface area contributed by atoms with Crippen molar-refractivity contribution in [3.05, 3.63) is 29.8 Å². The minimum Gasteiger partial charge on any atom is -0.488 e. The maximum atomic E-state index is 8.85. The van der Waals surface area contributed by atoms with Gasteiger partial charge in [0.1, 0.15) is 17.9 Å². The van der Waals surface area contributed by atoms with Crippen LogP contribution in [0.4, 0.5) is 0 Å². The van der Waals surface area contributed by atoms with E-state index in [-0.39, 0.29) is 18.5 Å². The summed E-state index contributed by atoms with van der Waals surface area (Å²) in [6.45, 7) is 1.87. The van der Waals surface area contributed by atoms with E-state index >= 15 is 0 Å². The van der Waals surface area contributed by atoms with Crippen LogP contribution in [0.1, 0.15) is 12.0 Å². The van der Waals surface area contributed by atoms with E-state index in [0.717, 1.165) is 19.5 Å². The largest absolute Gasteiger partial charge is 0.488 e. The number of nitrogens with one attached hydrogen (secondary N) is 1. The van der Waals surface area contributed by atoms with Crippen LogP contribution in [0.5, 0.6) is 5.75 Å². The lowest BCUT2D eigenvalue weighted by molar-refractivity contribution is 0.222. The molecule has 0 unspecified atom stereocenters. The van der Waals surface area contributed by atoms with Crippen LogP contribution in [0.25, 0.3) is 0 Å². The topological polar surface area (TPSA) is 45.0 Å². The summed E-state index contributed by atoms with van der Waals surface area (Å²) in [5, 5.41) is 12.1. The molecule has 0 spiro atoms. The quantitative estimate of drug-likeness (QED) is 0.832. The molecule has 1 fully saturated rings. The molecule has 4 heteroatoms. The number of benzene rings is 1. The molecule has 1 aromatic rings. The van der Waals surface area contributed by atoms with E-state index < -0.39 is 0 Å². The van der Waals surface area contributed by atoms with E-state index in [1.807, 2.05) is 18.2 Å². The number of para-hydroxylation sites is 1. The second kappa shape index (κ2) is 5.59. The summed E-state index contributed by atoms with van der Waals surface area (Å²) in [5.74, 6) is 0.698. The van der Waals surface area contributed by atoms with Gasteiger partial charge in [-0.25, -0.2) is 0 Å². The molecule has 0 aliphatic carbocycles. The first kappa shape index (κ1) is 11.8. The second-order valence-electron chi connectivity index (χ2n) is 3.34. The fourth-order valence-electron chi connectivity index (χ4n) is 1.57. The Kier molecular flexibility index (Phi) is 4.41. The number of ether oxygens (including phenoxy) is 1. The third-order valence-corrected chi connectivity index (χ3v) is 2.32. The minimum absolute atomic E-state index is 0. The fraction of sp³-hybridized carbons (Fsp3) is 0.364. The monoisotopic (exact) mass is 224 g/mol. The zero-order valence-corrected chi connectivity index (χ0v) is 9.09. The number of hydrogen-bond acceptors (Lipinski definition) is 3. The predicted molar refractivity (Wildman–Crippen MR) is 60.3 cm³/mol. The third-order valence-electron chi connectivity index (χ3n) is 2.32. The van der Waals surface area contributed by atoms with Crippen molar-refractivity contribution in [2.24, 2.45) is 0 Å². The molecule has 1 aliphatic heterocycles. The van der Waals surface area contributed by atoms with Crippen molar-refractivity contribution in [3.63, 3.8) is 0 Å². The van der Waals surface area contributed by atoms with E-state index in [0.29, 0.717) is 11.3 Å². The molecule has 0 radical (unpaired) electrons. The molecule has 2 rings (SSSR count). The van der Waals surface area contributed by atoms with Gasteiger partial charge in [0.15, 0.2) is 0 Å². The highest BCUT2D eigenvalue weighted by atomic mass is 35.5. The van der Waals surface area contributed by atoms with Crippen LogP contribution in [-0.2, 0) is 0 Å². The first-order valence-electron chi connectivity index (χ1n) is 4.76. The number of nitrogens with zero attached hydrogens (tertiary/aromatic N) is 1. The number of nitriles is 1. The molecule has 1 N–H and O–H groups in total. The molecule has 0 amide bonds. The van der Waals surface area contributed by atoms with Gasteiger partial charge in [0.05, 0.1) is 5.56 Å². The van der Waals surface area contributed by atoms with Crippen LogP contribution in [0.15, 0.2) is 24.3 Å². The zero-order chi connectivity index (χ0) is 9.80. The van der Waals surface area contributed by atoms with E-state index in [1.165, 1.54) is 0 Å². The summed E-state index contributed by atoms with van der Waals surface area (Å²) >= 11 is 0. The molecular weight excluding hydrogens is 212 g/mol. The van der Waals surface area contributed by atoms with Gasteiger partial charge in [0, 0.05) is 6.54 Å². The summed E-state index contributed by atoms with van der Waals surface area (Å²) in [6, 6.07) is 9.48. The summed E-state index contributed by atoms with van der Waals surface area (Å²) in [7, 11) is 0. The van der Waals surface area contributed by atoms with E-state index in [4.69, 9.17) is 10.00 Å². The molecule has 1 saturated heterocycles. The summed E-state index contributed by atoms with van der Waals surface area (Å²) in [6.07, 6.45) is 1.23. The number of rotatable bonds is 2. The number of halogens is 1. The lowest BCUT2D eigenvalue weighted by atomic mass is 10.2. The molecule has 0 aromatic heterocycles. The van der Waals surface area contributed by atoms with Crippen LogP contribution in [0.3, 0.4) is 0 Å². The van der Waals surface area contributed by atoms with Crippen molar-refractivity contribution in [2.75, 3.05) is 13.1 Å². The Morgan fingerprint density at radius 2 is 2.20 bits per heavy atom. The number of hydrogen-bond donors (Lipinski definition) is 1. The highest BCUT2D eigenvalue weighted by Crippen LogP contribution is 2.19. The van der Waals surface area contributed by atoms with E-state index in [2.05, 4.69) is 11.4 Å². The van der Waals surface area contributed by atoms with Gasteiger partial charge in [-0.2, -0.15) is 5.26 Å². The molecule has 1 heterocycles. The van der Waals surface area contributed by atoms with Crippen LogP contribution < -0.4 is 10.1 Å². The van der Waals surface area contributed by atoms with Crippen LogP contribution >= 0.6 is 12.4 Å². The van der Waals surface area contributed by atoms with Gasteiger partial charge in [-0.1, -0.05) is 12.1 Å². The molecule has 0 bridgehead atoms. The maximum absolute atomic E-state index is 8.85.